The minimum Gasteiger partial charge on any atom is -0.333 e. The summed E-state index contributed by atoms with van der Waals surface area (Å²) in [5.41, 5.74) is -0.175. The van der Waals surface area contributed by atoms with Crippen molar-refractivity contribution in [3.05, 3.63) is 35.4 Å². The van der Waals surface area contributed by atoms with Gasteiger partial charge in [0.1, 0.15) is 11.6 Å². The molecule has 1 aromatic carbocycles. The van der Waals surface area contributed by atoms with Crippen molar-refractivity contribution in [3.63, 3.8) is 0 Å². The molecule has 0 saturated heterocycles. The lowest BCUT2D eigenvalue weighted by molar-refractivity contribution is 0.0685. The highest BCUT2D eigenvalue weighted by Crippen LogP contribution is 2.30. The van der Waals surface area contributed by atoms with Crippen molar-refractivity contribution in [2.75, 3.05) is 0 Å². The monoisotopic (exact) mass is 239 g/mol. The van der Waals surface area contributed by atoms with Crippen molar-refractivity contribution in [1.29, 1.82) is 0 Å². The first kappa shape index (κ1) is 12.0. The molecule has 0 atom stereocenters. The molecule has 0 radical (unpaired) electrons. The van der Waals surface area contributed by atoms with Gasteiger partial charge in [-0.1, -0.05) is 0 Å². The lowest BCUT2D eigenvalue weighted by Gasteiger charge is -2.26. The van der Waals surface area contributed by atoms with Crippen molar-refractivity contribution in [1.82, 2.24) is 4.90 Å². The van der Waals surface area contributed by atoms with E-state index in [-0.39, 0.29) is 17.6 Å². The second kappa shape index (κ2) is 4.43. The first-order chi connectivity index (χ1) is 8.00. The summed E-state index contributed by atoms with van der Waals surface area (Å²) in [5.74, 6) is -1.67. The minimum atomic E-state index is -0.664. The van der Waals surface area contributed by atoms with Gasteiger partial charge in [0, 0.05) is 12.1 Å². The molecule has 1 aliphatic carbocycles. The van der Waals surface area contributed by atoms with Gasteiger partial charge in [0.05, 0.1) is 5.56 Å². The van der Waals surface area contributed by atoms with E-state index in [0.717, 1.165) is 31.0 Å². The smallest absolute Gasteiger partial charge is 0.257 e. The summed E-state index contributed by atoms with van der Waals surface area (Å²) >= 11 is 0. The maximum atomic E-state index is 13.5. The Labute approximate surface area is 99.2 Å². The minimum absolute atomic E-state index is 0.00216. The van der Waals surface area contributed by atoms with Crippen molar-refractivity contribution >= 4 is 5.91 Å². The van der Waals surface area contributed by atoms with Crippen LogP contribution in [0.4, 0.5) is 8.78 Å². The van der Waals surface area contributed by atoms with Crippen molar-refractivity contribution in [3.8, 4) is 0 Å². The van der Waals surface area contributed by atoms with E-state index >= 15 is 0 Å². The first-order valence-corrected chi connectivity index (χ1v) is 5.78. The van der Waals surface area contributed by atoms with Crippen LogP contribution in [0.1, 0.15) is 37.0 Å². The van der Waals surface area contributed by atoms with Gasteiger partial charge in [-0.25, -0.2) is 8.78 Å². The molecule has 0 aromatic heterocycles. The molecule has 4 heteroatoms. The predicted octanol–water partition coefficient (Wildman–Crippen LogP) is 2.98. The summed E-state index contributed by atoms with van der Waals surface area (Å²) in [6, 6.07) is 3.16. The first-order valence-electron chi connectivity index (χ1n) is 5.78. The Balaban J connectivity index is 2.31. The molecular weight excluding hydrogens is 224 g/mol. The predicted molar refractivity (Wildman–Crippen MR) is 60.7 cm³/mol. The van der Waals surface area contributed by atoms with Gasteiger partial charge in [0.2, 0.25) is 0 Å². The molecule has 17 heavy (non-hydrogen) atoms. The number of hydrogen-bond donors (Lipinski definition) is 0. The van der Waals surface area contributed by atoms with Crippen LogP contribution in [-0.4, -0.2) is 22.9 Å². The van der Waals surface area contributed by atoms with E-state index in [4.69, 9.17) is 0 Å². The highest BCUT2D eigenvalue weighted by molar-refractivity contribution is 5.95. The Kier molecular flexibility index (Phi) is 3.13. The lowest BCUT2D eigenvalue weighted by atomic mass is 10.1. The van der Waals surface area contributed by atoms with Crippen molar-refractivity contribution in [2.45, 2.75) is 38.8 Å². The standard InChI is InChI=1S/C13H15F2NO/c1-8(2)16(10-4-5-10)13(17)11-7-9(14)3-6-12(11)15/h3,6-8,10H,4-5H2,1-2H3. The second-order valence-corrected chi connectivity index (χ2v) is 4.66. The largest absolute Gasteiger partial charge is 0.333 e. The fourth-order valence-electron chi connectivity index (χ4n) is 1.98. The van der Waals surface area contributed by atoms with Gasteiger partial charge in [0.15, 0.2) is 0 Å². The van der Waals surface area contributed by atoms with Gasteiger partial charge in [-0.3, -0.25) is 4.79 Å². The van der Waals surface area contributed by atoms with Crippen LogP contribution in [-0.2, 0) is 0 Å². The third kappa shape index (κ3) is 2.46. The fourth-order valence-corrected chi connectivity index (χ4v) is 1.98. The van der Waals surface area contributed by atoms with Crippen molar-refractivity contribution in [2.24, 2.45) is 0 Å². The molecule has 0 heterocycles. The van der Waals surface area contributed by atoms with Crippen LogP contribution >= 0.6 is 0 Å². The van der Waals surface area contributed by atoms with E-state index in [1.54, 1.807) is 4.90 Å². The molecule has 0 N–H and O–H groups in total. The fraction of sp³-hybridized carbons (Fsp3) is 0.462. The highest BCUT2D eigenvalue weighted by Gasteiger charge is 2.35. The average Bonchev–Trinajstić information content (AvgIpc) is 3.05. The van der Waals surface area contributed by atoms with Crippen LogP contribution in [0.15, 0.2) is 18.2 Å². The number of carbonyl (C=O) groups is 1. The van der Waals surface area contributed by atoms with Crippen LogP contribution in [0.5, 0.6) is 0 Å². The molecule has 0 aliphatic heterocycles. The van der Waals surface area contributed by atoms with Gasteiger partial charge in [-0.05, 0) is 44.9 Å². The maximum absolute atomic E-state index is 13.5. The summed E-state index contributed by atoms with van der Waals surface area (Å²) in [4.78, 5) is 13.8. The zero-order chi connectivity index (χ0) is 12.6. The molecule has 1 saturated carbocycles. The zero-order valence-corrected chi connectivity index (χ0v) is 9.91. The van der Waals surface area contributed by atoms with Crippen LogP contribution < -0.4 is 0 Å². The van der Waals surface area contributed by atoms with Crippen molar-refractivity contribution < 1.29 is 13.6 Å². The molecule has 1 fully saturated rings. The van der Waals surface area contributed by atoms with E-state index in [2.05, 4.69) is 0 Å². The van der Waals surface area contributed by atoms with Crippen LogP contribution in [0.2, 0.25) is 0 Å². The molecule has 1 aromatic rings. The lowest BCUT2D eigenvalue weighted by Crippen LogP contribution is -2.39. The summed E-state index contributed by atoms with van der Waals surface area (Å²) in [5, 5.41) is 0. The Morgan fingerprint density at radius 2 is 2.00 bits per heavy atom. The van der Waals surface area contributed by atoms with E-state index in [1.165, 1.54) is 0 Å². The summed E-state index contributed by atoms with van der Waals surface area (Å²) in [7, 11) is 0. The Bertz CT molecular complexity index is 439. The molecule has 0 spiro atoms. The average molecular weight is 239 g/mol. The molecule has 1 aliphatic rings. The molecule has 1 amide bonds. The van der Waals surface area contributed by atoms with Gasteiger partial charge in [-0.2, -0.15) is 0 Å². The van der Waals surface area contributed by atoms with Gasteiger partial charge < -0.3 is 4.90 Å². The SMILES string of the molecule is CC(C)N(C(=O)c1cc(F)ccc1F)C1CC1. The summed E-state index contributed by atoms with van der Waals surface area (Å²) in [6.07, 6.45) is 1.89. The maximum Gasteiger partial charge on any atom is 0.257 e. The number of amides is 1. The van der Waals surface area contributed by atoms with E-state index in [9.17, 15) is 13.6 Å². The second-order valence-electron chi connectivity index (χ2n) is 4.66. The third-order valence-electron chi connectivity index (χ3n) is 2.89. The summed E-state index contributed by atoms with van der Waals surface area (Å²) < 4.78 is 26.6. The van der Waals surface area contributed by atoms with E-state index < -0.39 is 17.5 Å². The Hall–Kier alpha value is -1.45. The normalized spacial score (nSPS) is 15.1. The highest BCUT2D eigenvalue weighted by atomic mass is 19.1. The molecule has 0 unspecified atom stereocenters. The third-order valence-corrected chi connectivity index (χ3v) is 2.89. The molecule has 2 nitrogen and oxygen atoms in total. The zero-order valence-electron chi connectivity index (χ0n) is 9.91. The number of benzene rings is 1. The Morgan fingerprint density at radius 3 is 2.53 bits per heavy atom. The van der Waals surface area contributed by atoms with Crippen LogP contribution in [0.25, 0.3) is 0 Å². The van der Waals surface area contributed by atoms with Gasteiger partial charge in [0.25, 0.3) is 5.91 Å². The number of nitrogens with zero attached hydrogens (tertiary/aromatic N) is 1. The van der Waals surface area contributed by atoms with E-state index in [0.29, 0.717) is 0 Å². The molecule has 0 bridgehead atoms. The van der Waals surface area contributed by atoms with Crippen LogP contribution in [0, 0.1) is 11.6 Å². The molecule has 92 valence electrons. The van der Waals surface area contributed by atoms with E-state index in [1.807, 2.05) is 13.8 Å². The Morgan fingerprint density at radius 1 is 1.35 bits per heavy atom. The quantitative estimate of drug-likeness (QED) is 0.794. The van der Waals surface area contributed by atoms with Crippen LogP contribution in [0.3, 0.4) is 0 Å². The number of hydrogen-bond acceptors (Lipinski definition) is 1. The molecular formula is C13H15F2NO. The number of halogens is 2. The summed E-state index contributed by atoms with van der Waals surface area (Å²) in [6.45, 7) is 3.76. The topological polar surface area (TPSA) is 20.3 Å². The number of carbonyl (C=O) groups excluding carboxylic acids is 1. The van der Waals surface area contributed by atoms with Gasteiger partial charge in [-0.15, -0.1) is 0 Å². The van der Waals surface area contributed by atoms with Gasteiger partial charge >= 0.3 is 0 Å². The number of rotatable bonds is 3. The molecule has 2 rings (SSSR count).